The summed E-state index contributed by atoms with van der Waals surface area (Å²) in [5.74, 6) is -0.661. The standard InChI is InChI=1S/C14H19F3N2O2S.ClH/c1-10-8-19(7-6-13(10)18)22(20,21)9-11-4-2-3-5-12(11)14(15,16)17;/h2-5,10,13H,6-9,18H2,1H3;1H. The molecule has 1 fully saturated rings. The molecule has 2 rings (SSSR count). The van der Waals surface area contributed by atoms with Gasteiger partial charge in [-0.25, -0.2) is 12.7 Å². The summed E-state index contributed by atoms with van der Waals surface area (Å²) in [6, 6.07) is 4.70. The third-order valence-corrected chi connectivity index (χ3v) is 5.78. The van der Waals surface area contributed by atoms with Gasteiger partial charge in [0.1, 0.15) is 0 Å². The predicted molar refractivity (Wildman–Crippen MR) is 84.6 cm³/mol. The van der Waals surface area contributed by atoms with Crippen molar-refractivity contribution in [2.75, 3.05) is 13.1 Å². The van der Waals surface area contributed by atoms with Crippen molar-refractivity contribution < 1.29 is 21.6 Å². The second-order valence-electron chi connectivity index (χ2n) is 5.70. The lowest BCUT2D eigenvalue weighted by Crippen LogP contribution is -2.48. The van der Waals surface area contributed by atoms with E-state index in [1.807, 2.05) is 6.92 Å². The molecule has 0 amide bonds. The Kier molecular flexibility index (Phi) is 6.48. The van der Waals surface area contributed by atoms with Crippen LogP contribution in [-0.4, -0.2) is 31.9 Å². The van der Waals surface area contributed by atoms with E-state index in [0.29, 0.717) is 6.42 Å². The minimum Gasteiger partial charge on any atom is -0.327 e. The predicted octanol–water partition coefficient (Wildman–Crippen LogP) is 2.63. The van der Waals surface area contributed by atoms with Crippen molar-refractivity contribution in [3.05, 3.63) is 35.4 Å². The Morgan fingerprint density at radius 3 is 2.48 bits per heavy atom. The largest absolute Gasteiger partial charge is 0.416 e. The second-order valence-corrected chi connectivity index (χ2v) is 7.67. The zero-order valence-corrected chi connectivity index (χ0v) is 14.2. The Morgan fingerprint density at radius 2 is 1.91 bits per heavy atom. The number of hydrogen-bond acceptors (Lipinski definition) is 3. The van der Waals surface area contributed by atoms with Gasteiger partial charge >= 0.3 is 6.18 Å². The van der Waals surface area contributed by atoms with E-state index in [2.05, 4.69) is 0 Å². The van der Waals surface area contributed by atoms with Gasteiger partial charge in [0.15, 0.2) is 0 Å². The summed E-state index contributed by atoms with van der Waals surface area (Å²) < 4.78 is 64.9. The molecule has 1 heterocycles. The minimum atomic E-state index is -4.57. The quantitative estimate of drug-likeness (QED) is 0.887. The molecule has 2 N–H and O–H groups in total. The Balaban J connectivity index is 0.00000264. The van der Waals surface area contributed by atoms with E-state index >= 15 is 0 Å². The van der Waals surface area contributed by atoms with E-state index in [-0.39, 0.29) is 43.0 Å². The number of piperidine rings is 1. The number of nitrogens with two attached hydrogens (primary N) is 1. The first-order valence-corrected chi connectivity index (χ1v) is 8.60. The van der Waals surface area contributed by atoms with Gasteiger partial charge in [0.25, 0.3) is 0 Å². The van der Waals surface area contributed by atoms with E-state index in [0.717, 1.165) is 6.07 Å². The topological polar surface area (TPSA) is 63.4 Å². The van der Waals surface area contributed by atoms with Crippen molar-refractivity contribution in [3.63, 3.8) is 0 Å². The van der Waals surface area contributed by atoms with Crippen LogP contribution in [0.4, 0.5) is 13.2 Å². The summed E-state index contributed by atoms with van der Waals surface area (Å²) in [7, 11) is -3.80. The summed E-state index contributed by atoms with van der Waals surface area (Å²) in [5.41, 5.74) is 4.72. The van der Waals surface area contributed by atoms with Crippen LogP contribution in [0.3, 0.4) is 0 Å². The van der Waals surface area contributed by atoms with Crippen LogP contribution in [0.5, 0.6) is 0 Å². The molecule has 1 aliphatic rings. The zero-order valence-electron chi connectivity index (χ0n) is 12.6. The fourth-order valence-corrected chi connectivity index (χ4v) is 4.26. The SMILES string of the molecule is CC1CN(S(=O)(=O)Cc2ccccc2C(F)(F)F)CCC1N.Cl. The van der Waals surface area contributed by atoms with Gasteiger partial charge in [-0.1, -0.05) is 25.1 Å². The fourth-order valence-electron chi connectivity index (χ4n) is 2.59. The smallest absolute Gasteiger partial charge is 0.327 e. The number of halogens is 4. The monoisotopic (exact) mass is 372 g/mol. The van der Waals surface area contributed by atoms with Gasteiger partial charge in [-0.2, -0.15) is 13.2 Å². The summed E-state index contributed by atoms with van der Waals surface area (Å²) in [4.78, 5) is 0. The average molecular weight is 373 g/mol. The first kappa shape index (κ1) is 20.2. The van der Waals surface area contributed by atoms with Crippen LogP contribution in [-0.2, 0) is 22.0 Å². The van der Waals surface area contributed by atoms with Crippen LogP contribution in [0.15, 0.2) is 24.3 Å². The minimum absolute atomic E-state index is 0. The third kappa shape index (κ3) is 4.82. The molecule has 2 atom stereocenters. The van der Waals surface area contributed by atoms with E-state index in [1.54, 1.807) is 0 Å². The van der Waals surface area contributed by atoms with Crippen molar-refractivity contribution in [2.45, 2.75) is 31.3 Å². The van der Waals surface area contributed by atoms with Crippen molar-refractivity contribution in [1.29, 1.82) is 0 Å². The van der Waals surface area contributed by atoms with Crippen LogP contribution >= 0.6 is 12.4 Å². The number of nitrogens with zero attached hydrogens (tertiary/aromatic N) is 1. The molecule has 2 unspecified atom stereocenters. The summed E-state index contributed by atoms with van der Waals surface area (Å²) >= 11 is 0. The third-order valence-electron chi connectivity index (χ3n) is 3.99. The first-order valence-electron chi connectivity index (χ1n) is 7.00. The fraction of sp³-hybridized carbons (Fsp3) is 0.571. The highest BCUT2D eigenvalue weighted by atomic mass is 35.5. The van der Waals surface area contributed by atoms with Gasteiger partial charge in [0, 0.05) is 19.1 Å². The van der Waals surface area contributed by atoms with Crippen molar-refractivity contribution in [3.8, 4) is 0 Å². The lowest BCUT2D eigenvalue weighted by molar-refractivity contribution is -0.138. The van der Waals surface area contributed by atoms with Gasteiger partial charge in [-0.05, 0) is 24.0 Å². The van der Waals surface area contributed by atoms with Crippen LogP contribution in [0.25, 0.3) is 0 Å². The van der Waals surface area contributed by atoms with Crippen molar-refractivity contribution in [2.24, 2.45) is 11.7 Å². The number of alkyl halides is 3. The van der Waals surface area contributed by atoms with Gasteiger partial charge in [0.05, 0.1) is 11.3 Å². The highest BCUT2D eigenvalue weighted by molar-refractivity contribution is 7.88. The van der Waals surface area contributed by atoms with Gasteiger partial charge < -0.3 is 5.73 Å². The average Bonchev–Trinajstić information content (AvgIpc) is 2.40. The Bertz CT molecular complexity index is 637. The molecule has 132 valence electrons. The maximum atomic E-state index is 13.0. The number of sulfonamides is 1. The first-order chi connectivity index (χ1) is 10.1. The molecule has 0 radical (unpaired) electrons. The maximum Gasteiger partial charge on any atom is 0.416 e. The molecule has 9 heteroatoms. The molecule has 23 heavy (non-hydrogen) atoms. The summed E-state index contributed by atoms with van der Waals surface area (Å²) in [5, 5.41) is 0. The number of benzene rings is 1. The molecule has 0 spiro atoms. The number of hydrogen-bond donors (Lipinski definition) is 1. The van der Waals surface area contributed by atoms with Crippen LogP contribution in [0, 0.1) is 5.92 Å². The normalized spacial score (nSPS) is 23.3. The molecule has 0 bridgehead atoms. The van der Waals surface area contributed by atoms with Crippen molar-refractivity contribution >= 4 is 22.4 Å². The Morgan fingerprint density at radius 1 is 1.30 bits per heavy atom. The van der Waals surface area contributed by atoms with E-state index in [9.17, 15) is 21.6 Å². The molecule has 1 aliphatic heterocycles. The molecule has 4 nitrogen and oxygen atoms in total. The zero-order chi connectivity index (χ0) is 16.5. The molecule has 0 aromatic heterocycles. The molecule has 0 aliphatic carbocycles. The molecular formula is C14H20ClF3N2O2S. The van der Waals surface area contributed by atoms with Crippen LogP contribution in [0.2, 0.25) is 0 Å². The maximum absolute atomic E-state index is 13.0. The van der Waals surface area contributed by atoms with Crippen LogP contribution < -0.4 is 5.73 Å². The highest BCUT2D eigenvalue weighted by Crippen LogP contribution is 2.33. The molecule has 0 saturated carbocycles. The van der Waals surface area contributed by atoms with E-state index in [1.165, 1.54) is 22.5 Å². The summed E-state index contributed by atoms with van der Waals surface area (Å²) in [6.07, 6.45) is -4.05. The van der Waals surface area contributed by atoms with Gasteiger partial charge in [-0.3, -0.25) is 0 Å². The van der Waals surface area contributed by atoms with Crippen molar-refractivity contribution in [1.82, 2.24) is 4.31 Å². The summed E-state index contributed by atoms with van der Waals surface area (Å²) in [6.45, 7) is 2.34. The van der Waals surface area contributed by atoms with E-state index in [4.69, 9.17) is 5.73 Å². The highest BCUT2D eigenvalue weighted by Gasteiger charge is 2.36. The molecule has 1 aromatic rings. The molecular weight excluding hydrogens is 353 g/mol. The Hall–Kier alpha value is -0.830. The van der Waals surface area contributed by atoms with Crippen LogP contribution in [0.1, 0.15) is 24.5 Å². The molecule has 1 aromatic carbocycles. The Labute approximate surface area is 140 Å². The van der Waals surface area contributed by atoms with E-state index < -0.39 is 27.5 Å². The lowest BCUT2D eigenvalue weighted by Gasteiger charge is -2.34. The lowest BCUT2D eigenvalue weighted by atomic mass is 9.96. The second kappa shape index (κ2) is 7.38. The molecule has 1 saturated heterocycles. The number of rotatable bonds is 3. The van der Waals surface area contributed by atoms with Gasteiger partial charge in [-0.15, -0.1) is 12.4 Å². The van der Waals surface area contributed by atoms with Gasteiger partial charge in [0.2, 0.25) is 10.0 Å².